The molecule has 0 unspecified atom stereocenters. The Morgan fingerprint density at radius 3 is 2.14 bits per heavy atom. The van der Waals surface area contributed by atoms with Crippen molar-refractivity contribution in [1.82, 2.24) is 4.57 Å². The number of alkyl halides is 7. The van der Waals surface area contributed by atoms with Gasteiger partial charge in [-0.05, 0) is 44.2 Å². The van der Waals surface area contributed by atoms with E-state index < -0.39 is 35.2 Å². The molecule has 35 heavy (non-hydrogen) atoms. The molecule has 1 aliphatic rings. The van der Waals surface area contributed by atoms with Crippen LogP contribution < -0.4 is 5.01 Å². The van der Waals surface area contributed by atoms with Crippen LogP contribution in [0.3, 0.4) is 0 Å². The molecule has 0 fully saturated rings. The van der Waals surface area contributed by atoms with Crippen molar-refractivity contribution in [3.8, 4) is 0 Å². The highest BCUT2D eigenvalue weighted by Crippen LogP contribution is 2.49. The van der Waals surface area contributed by atoms with Crippen molar-refractivity contribution in [2.75, 3.05) is 5.01 Å². The van der Waals surface area contributed by atoms with E-state index in [-0.39, 0.29) is 11.3 Å². The standard InChI is InChI=1S/C24H18F7N3O/c1-13-9-10-19-17(11-13)16(14(2)33(19)3)12-18-20(22(25,26)23(27,28)24(29,30)31)32-34(21(18)35)15-7-5-4-6-8-15/h4-12H,1-3H3/b18-12+. The van der Waals surface area contributed by atoms with Crippen molar-refractivity contribution in [2.45, 2.75) is 31.9 Å². The van der Waals surface area contributed by atoms with Crippen LogP contribution in [0.5, 0.6) is 0 Å². The average molecular weight is 497 g/mol. The summed E-state index contributed by atoms with van der Waals surface area (Å²) in [5, 5.41) is 4.20. The molecule has 1 aliphatic heterocycles. The number of hydrogen-bond acceptors (Lipinski definition) is 2. The zero-order chi connectivity index (χ0) is 25.9. The number of aromatic nitrogens is 1. The molecule has 0 aliphatic carbocycles. The Balaban J connectivity index is 1.98. The number of aryl methyl sites for hydroxylation is 2. The van der Waals surface area contributed by atoms with Crippen molar-refractivity contribution in [3.05, 3.63) is 70.9 Å². The molecular weight excluding hydrogens is 479 g/mol. The van der Waals surface area contributed by atoms with Crippen LogP contribution in [0.1, 0.15) is 16.8 Å². The number of hydrogen-bond donors (Lipinski definition) is 0. The molecule has 0 atom stereocenters. The van der Waals surface area contributed by atoms with E-state index in [2.05, 4.69) is 5.10 Å². The second-order valence-corrected chi connectivity index (χ2v) is 8.18. The number of carbonyl (C=O) groups excluding carboxylic acids is 1. The first-order chi connectivity index (χ1) is 16.2. The van der Waals surface area contributed by atoms with Crippen LogP contribution in [0.25, 0.3) is 17.0 Å². The van der Waals surface area contributed by atoms with Gasteiger partial charge in [0.25, 0.3) is 5.91 Å². The minimum Gasteiger partial charge on any atom is -0.347 e. The molecule has 0 bridgehead atoms. The van der Waals surface area contributed by atoms with Gasteiger partial charge < -0.3 is 4.57 Å². The van der Waals surface area contributed by atoms with E-state index in [0.717, 1.165) is 11.6 Å². The molecule has 4 rings (SSSR count). The van der Waals surface area contributed by atoms with Gasteiger partial charge in [-0.3, -0.25) is 4.79 Å². The number of rotatable bonds is 4. The summed E-state index contributed by atoms with van der Waals surface area (Å²) in [5.74, 6) is -13.6. The molecule has 0 saturated heterocycles. The van der Waals surface area contributed by atoms with Crippen molar-refractivity contribution in [1.29, 1.82) is 0 Å². The zero-order valence-corrected chi connectivity index (χ0v) is 18.6. The number of amides is 1. The van der Waals surface area contributed by atoms with Crippen LogP contribution in [0.2, 0.25) is 0 Å². The molecule has 0 N–H and O–H groups in total. The highest BCUT2D eigenvalue weighted by atomic mass is 19.4. The van der Waals surface area contributed by atoms with E-state index in [1.807, 2.05) is 0 Å². The average Bonchev–Trinajstić information content (AvgIpc) is 3.23. The van der Waals surface area contributed by atoms with Crippen molar-refractivity contribution < 1.29 is 35.5 Å². The molecule has 0 radical (unpaired) electrons. The molecule has 1 amide bonds. The highest BCUT2D eigenvalue weighted by molar-refractivity contribution is 6.35. The van der Waals surface area contributed by atoms with Gasteiger partial charge in [-0.1, -0.05) is 29.8 Å². The van der Waals surface area contributed by atoms with Gasteiger partial charge in [0.15, 0.2) is 5.71 Å². The van der Waals surface area contributed by atoms with Crippen LogP contribution in [-0.4, -0.2) is 34.2 Å². The van der Waals surface area contributed by atoms with Gasteiger partial charge in [-0.15, -0.1) is 0 Å². The lowest BCUT2D eigenvalue weighted by Gasteiger charge is -2.27. The van der Waals surface area contributed by atoms with Crippen molar-refractivity contribution in [3.63, 3.8) is 0 Å². The maximum absolute atomic E-state index is 14.9. The first kappa shape index (κ1) is 24.5. The van der Waals surface area contributed by atoms with Gasteiger partial charge in [0.05, 0.1) is 11.3 Å². The Morgan fingerprint density at radius 2 is 1.54 bits per heavy atom. The second-order valence-electron chi connectivity index (χ2n) is 8.18. The number of anilines is 1. The van der Waals surface area contributed by atoms with Gasteiger partial charge in [0, 0.05) is 29.2 Å². The summed E-state index contributed by atoms with van der Waals surface area (Å²) in [5.41, 5.74) is -0.948. The molecule has 3 aromatic rings. The quantitative estimate of drug-likeness (QED) is 0.303. The molecule has 4 nitrogen and oxygen atoms in total. The number of para-hydroxylation sites is 1. The minimum atomic E-state index is -6.58. The Kier molecular flexibility index (Phi) is 5.57. The van der Waals surface area contributed by atoms with Gasteiger partial charge >= 0.3 is 18.0 Å². The van der Waals surface area contributed by atoms with E-state index in [4.69, 9.17) is 0 Å². The summed E-state index contributed by atoms with van der Waals surface area (Å²) in [6, 6.07) is 12.2. The predicted molar refractivity (Wildman–Crippen MR) is 118 cm³/mol. The first-order valence-corrected chi connectivity index (χ1v) is 10.3. The van der Waals surface area contributed by atoms with Crippen LogP contribution in [0.4, 0.5) is 36.4 Å². The lowest BCUT2D eigenvalue weighted by molar-refractivity contribution is -0.336. The highest BCUT2D eigenvalue weighted by Gasteiger charge is 2.76. The van der Waals surface area contributed by atoms with Crippen molar-refractivity contribution >= 4 is 34.3 Å². The topological polar surface area (TPSA) is 37.6 Å². The Morgan fingerprint density at radius 1 is 0.914 bits per heavy atom. The first-order valence-electron chi connectivity index (χ1n) is 10.3. The van der Waals surface area contributed by atoms with Crippen LogP contribution in [0.15, 0.2) is 59.2 Å². The van der Waals surface area contributed by atoms with Gasteiger partial charge in [-0.2, -0.15) is 40.8 Å². The van der Waals surface area contributed by atoms with Crippen LogP contribution in [0, 0.1) is 13.8 Å². The third kappa shape index (κ3) is 3.69. The summed E-state index contributed by atoms with van der Waals surface area (Å²) < 4.78 is 98.3. The van der Waals surface area contributed by atoms with E-state index in [9.17, 15) is 35.5 Å². The largest absolute Gasteiger partial charge is 0.460 e. The van der Waals surface area contributed by atoms with Gasteiger partial charge in [0.1, 0.15) is 0 Å². The van der Waals surface area contributed by atoms with Gasteiger partial charge in [0.2, 0.25) is 0 Å². The molecule has 1 aromatic heterocycles. The summed E-state index contributed by atoms with van der Waals surface area (Å²) >= 11 is 0. The monoisotopic (exact) mass is 497 g/mol. The molecule has 2 heterocycles. The SMILES string of the molecule is Cc1ccc2c(c1)c(/C=C1/C(=O)N(c3ccccc3)N=C1C(F)(F)C(F)(F)C(F)(F)F)c(C)n2C. The fraction of sp³-hybridized carbons (Fsp3) is 0.250. The molecule has 11 heteroatoms. The number of nitrogens with zero attached hydrogens (tertiary/aromatic N) is 3. The van der Waals surface area contributed by atoms with E-state index in [0.29, 0.717) is 21.6 Å². The number of benzene rings is 2. The minimum absolute atomic E-state index is 0.0741. The Hall–Kier alpha value is -3.63. The summed E-state index contributed by atoms with van der Waals surface area (Å²) in [4.78, 5) is 13.1. The van der Waals surface area contributed by atoms with Crippen LogP contribution in [-0.2, 0) is 11.8 Å². The lowest BCUT2D eigenvalue weighted by Crippen LogP contribution is -2.56. The van der Waals surface area contributed by atoms with E-state index in [1.54, 1.807) is 49.7 Å². The number of fused-ring (bicyclic) bond motifs is 1. The third-order valence-corrected chi connectivity index (χ3v) is 5.91. The molecule has 2 aromatic carbocycles. The molecular formula is C24H18F7N3O. The summed E-state index contributed by atoms with van der Waals surface area (Å²) in [7, 11) is 1.67. The fourth-order valence-corrected chi connectivity index (χ4v) is 3.89. The zero-order valence-electron chi connectivity index (χ0n) is 18.6. The third-order valence-electron chi connectivity index (χ3n) is 5.91. The number of halogens is 7. The number of carbonyl (C=O) groups is 1. The Labute approximate surface area is 194 Å². The fourth-order valence-electron chi connectivity index (χ4n) is 3.89. The number of hydrazone groups is 1. The maximum Gasteiger partial charge on any atom is 0.460 e. The maximum atomic E-state index is 14.9. The predicted octanol–water partition coefficient (Wildman–Crippen LogP) is 6.41. The summed E-state index contributed by atoms with van der Waals surface area (Å²) in [6.07, 6.45) is -5.68. The van der Waals surface area contributed by atoms with Crippen LogP contribution >= 0.6 is 0 Å². The lowest BCUT2D eigenvalue weighted by atomic mass is 9.96. The normalized spacial score (nSPS) is 16.5. The smallest absolute Gasteiger partial charge is 0.347 e. The van der Waals surface area contributed by atoms with E-state index in [1.165, 1.54) is 24.3 Å². The van der Waals surface area contributed by atoms with E-state index >= 15 is 0 Å². The molecule has 184 valence electrons. The molecule has 0 spiro atoms. The summed E-state index contributed by atoms with van der Waals surface area (Å²) in [6.45, 7) is 3.37. The van der Waals surface area contributed by atoms with Crippen molar-refractivity contribution in [2.24, 2.45) is 12.1 Å². The Bertz CT molecular complexity index is 1390. The molecule has 0 saturated carbocycles. The van der Waals surface area contributed by atoms with Gasteiger partial charge in [-0.25, -0.2) is 0 Å². The second kappa shape index (κ2) is 7.96.